The minimum absolute atomic E-state index is 0.0276. The summed E-state index contributed by atoms with van der Waals surface area (Å²) >= 11 is 0. The number of allylic oxidation sites excluding steroid dienone is 4. The summed E-state index contributed by atoms with van der Waals surface area (Å²) in [7, 11) is 3.78. The SMILES string of the molecule is COc1c2c(cc3c1[C@@H](CC(/C=C/[C@@H]1C(C)=CCCC1(C)C)=N\O)N(C)CC3)OCO2. The quantitative estimate of drug-likeness (QED) is 0.307. The fourth-order valence-electron chi connectivity index (χ4n) is 5.31. The summed E-state index contributed by atoms with van der Waals surface area (Å²) in [5.74, 6) is 2.49. The Balaban J connectivity index is 1.63. The van der Waals surface area contributed by atoms with Crippen LogP contribution in [-0.2, 0) is 6.42 Å². The van der Waals surface area contributed by atoms with Crippen molar-refractivity contribution < 1.29 is 19.4 Å². The third-order valence-corrected chi connectivity index (χ3v) is 7.15. The van der Waals surface area contributed by atoms with E-state index in [-0.39, 0.29) is 18.2 Å². The molecular formula is C25H34N2O4. The summed E-state index contributed by atoms with van der Waals surface area (Å²) in [6.45, 7) is 7.95. The summed E-state index contributed by atoms with van der Waals surface area (Å²) in [6.07, 6.45) is 10.3. The Hall–Kier alpha value is -2.47. The van der Waals surface area contributed by atoms with E-state index in [0.29, 0.717) is 23.8 Å². The van der Waals surface area contributed by atoms with Gasteiger partial charge in [0, 0.05) is 30.5 Å². The van der Waals surface area contributed by atoms with Crippen molar-refractivity contribution in [2.75, 3.05) is 27.5 Å². The van der Waals surface area contributed by atoms with Crippen LogP contribution in [-0.4, -0.2) is 43.3 Å². The molecule has 0 bridgehead atoms. The second kappa shape index (κ2) is 8.58. The average molecular weight is 427 g/mol. The van der Waals surface area contributed by atoms with Crippen molar-refractivity contribution in [3.63, 3.8) is 0 Å². The Morgan fingerprint density at radius 1 is 1.39 bits per heavy atom. The van der Waals surface area contributed by atoms with Crippen LogP contribution in [0.5, 0.6) is 17.2 Å². The van der Waals surface area contributed by atoms with E-state index in [1.54, 1.807) is 7.11 Å². The third kappa shape index (κ3) is 4.05. The first-order valence-electron chi connectivity index (χ1n) is 11.1. The second-order valence-corrected chi connectivity index (χ2v) is 9.57. The molecule has 3 aliphatic rings. The summed E-state index contributed by atoms with van der Waals surface area (Å²) in [4.78, 5) is 2.29. The van der Waals surface area contributed by atoms with E-state index in [1.807, 2.05) is 6.08 Å². The monoisotopic (exact) mass is 426 g/mol. The van der Waals surface area contributed by atoms with Crippen LogP contribution in [0.3, 0.4) is 0 Å². The van der Waals surface area contributed by atoms with Crippen molar-refractivity contribution in [2.45, 2.75) is 52.5 Å². The van der Waals surface area contributed by atoms with Gasteiger partial charge in [0.05, 0.1) is 12.8 Å². The molecule has 6 nitrogen and oxygen atoms in total. The van der Waals surface area contributed by atoms with Gasteiger partial charge in [-0.05, 0) is 56.4 Å². The maximum Gasteiger partial charge on any atom is 0.231 e. The van der Waals surface area contributed by atoms with Gasteiger partial charge in [0.25, 0.3) is 0 Å². The molecule has 2 atom stereocenters. The van der Waals surface area contributed by atoms with Gasteiger partial charge in [-0.3, -0.25) is 4.90 Å². The molecule has 2 heterocycles. The number of benzene rings is 1. The predicted molar refractivity (Wildman–Crippen MR) is 121 cm³/mol. The average Bonchev–Trinajstić information content (AvgIpc) is 3.20. The molecule has 31 heavy (non-hydrogen) atoms. The summed E-state index contributed by atoms with van der Waals surface area (Å²) in [5.41, 5.74) is 4.56. The number of oxime groups is 1. The van der Waals surface area contributed by atoms with E-state index in [9.17, 15) is 5.21 Å². The summed E-state index contributed by atoms with van der Waals surface area (Å²) < 4.78 is 17.1. The molecule has 1 aromatic rings. The molecule has 6 heteroatoms. The zero-order chi connectivity index (χ0) is 22.2. The largest absolute Gasteiger partial charge is 0.492 e. The Labute approximate surface area is 185 Å². The van der Waals surface area contributed by atoms with E-state index in [4.69, 9.17) is 14.2 Å². The molecule has 1 aromatic carbocycles. The molecule has 2 aliphatic heterocycles. The van der Waals surface area contributed by atoms with Crippen LogP contribution in [0, 0.1) is 11.3 Å². The van der Waals surface area contributed by atoms with Gasteiger partial charge in [-0.15, -0.1) is 0 Å². The fourth-order valence-corrected chi connectivity index (χ4v) is 5.31. The molecule has 0 radical (unpaired) electrons. The number of hydrogen-bond donors (Lipinski definition) is 1. The van der Waals surface area contributed by atoms with E-state index in [1.165, 1.54) is 11.1 Å². The van der Waals surface area contributed by atoms with Crippen LogP contribution in [0.25, 0.3) is 0 Å². The van der Waals surface area contributed by atoms with Gasteiger partial charge in [-0.25, -0.2) is 0 Å². The minimum Gasteiger partial charge on any atom is -0.492 e. The lowest BCUT2D eigenvalue weighted by Gasteiger charge is -2.37. The first-order valence-corrected chi connectivity index (χ1v) is 11.1. The third-order valence-electron chi connectivity index (χ3n) is 7.15. The molecule has 0 unspecified atom stereocenters. The van der Waals surface area contributed by atoms with Crippen molar-refractivity contribution in [3.8, 4) is 17.2 Å². The molecule has 168 valence electrons. The minimum atomic E-state index is 0.0276. The Morgan fingerprint density at radius 2 is 2.19 bits per heavy atom. The Kier molecular flexibility index (Phi) is 6.02. The first kappa shape index (κ1) is 21.8. The van der Waals surface area contributed by atoms with E-state index >= 15 is 0 Å². The van der Waals surface area contributed by atoms with Gasteiger partial charge < -0.3 is 19.4 Å². The van der Waals surface area contributed by atoms with E-state index < -0.39 is 0 Å². The van der Waals surface area contributed by atoms with Gasteiger partial charge >= 0.3 is 0 Å². The second-order valence-electron chi connectivity index (χ2n) is 9.57. The van der Waals surface area contributed by atoms with Gasteiger partial charge in [0.1, 0.15) is 0 Å². The number of nitrogens with zero attached hydrogens (tertiary/aromatic N) is 2. The Morgan fingerprint density at radius 3 is 2.90 bits per heavy atom. The zero-order valence-electron chi connectivity index (χ0n) is 19.3. The highest BCUT2D eigenvalue weighted by Gasteiger charge is 2.35. The van der Waals surface area contributed by atoms with Crippen molar-refractivity contribution in [1.82, 2.24) is 4.90 Å². The van der Waals surface area contributed by atoms with Crippen molar-refractivity contribution in [2.24, 2.45) is 16.5 Å². The maximum atomic E-state index is 9.83. The van der Waals surface area contributed by atoms with Gasteiger partial charge in [-0.2, -0.15) is 0 Å². The predicted octanol–water partition coefficient (Wildman–Crippen LogP) is 5.11. The number of fused-ring (bicyclic) bond motifs is 2. The van der Waals surface area contributed by atoms with Gasteiger partial charge in [-0.1, -0.05) is 36.7 Å². The molecule has 0 spiro atoms. The number of methoxy groups -OCH3 is 1. The van der Waals surface area contributed by atoms with Crippen LogP contribution in [0.4, 0.5) is 0 Å². The standard InChI is InChI=1S/C25H34N2O4/c1-16-7-6-11-25(2,3)19(16)9-8-18(26-28)14-20-22-17(10-12-27(20)4)13-21-23(24(22)29-5)31-15-30-21/h7-9,13,19-20,28H,6,10-12,14-15H2,1-5H3/b9-8+,26-18-/t19-,20-/m1/s1. The molecule has 1 aliphatic carbocycles. The lowest BCUT2D eigenvalue weighted by atomic mass is 9.68. The molecule has 4 rings (SSSR count). The van der Waals surface area contributed by atoms with E-state index in [0.717, 1.165) is 42.9 Å². The summed E-state index contributed by atoms with van der Waals surface area (Å²) in [6, 6.07) is 2.10. The highest BCUT2D eigenvalue weighted by molar-refractivity contribution is 5.95. The topological polar surface area (TPSA) is 63.5 Å². The number of rotatable bonds is 5. The van der Waals surface area contributed by atoms with Crippen molar-refractivity contribution >= 4 is 5.71 Å². The highest BCUT2D eigenvalue weighted by atomic mass is 16.7. The lowest BCUT2D eigenvalue weighted by Crippen LogP contribution is -2.34. The molecule has 0 aromatic heterocycles. The smallest absolute Gasteiger partial charge is 0.231 e. The van der Waals surface area contributed by atoms with Crippen molar-refractivity contribution in [3.05, 3.63) is 41.0 Å². The normalized spacial score (nSPS) is 25.5. The molecule has 0 saturated carbocycles. The van der Waals surface area contributed by atoms with Crippen LogP contribution in [0.2, 0.25) is 0 Å². The number of likely N-dealkylation sites (N-methyl/N-ethyl adjacent to an activating group) is 1. The first-order chi connectivity index (χ1) is 14.9. The highest BCUT2D eigenvalue weighted by Crippen LogP contribution is 2.50. The zero-order valence-corrected chi connectivity index (χ0v) is 19.3. The lowest BCUT2D eigenvalue weighted by molar-refractivity contribution is 0.170. The maximum absolute atomic E-state index is 9.83. The van der Waals surface area contributed by atoms with Crippen LogP contribution < -0.4 is 14.2 Å². The van der Waals surface area contributed by atoms with Crippen LogP contribution in [0.1, 0.15) is 57.2 Å². The summed E-state index contributed by atoms with van der Waals surface area (Å²) in [5, 5.41) is 13.5. The van der Waals surface area contributed by atoms with Gasteiger partial charge in [0.15, 0.2) is 11.5 Å². The molecular weight excluding hydrogens is 392 g/mol. The fraction of sp³-hybridized carbons (Fsp3) is 0.560. The molecule has 0 fully saturated rings. The van der Waals surface area contributed by atoms with Crippen LogP contribution in [0.15, 0.2) is 35.0 Å². The van der Waals surface area contributed by atoms with Crippen molar-refractivity contribution in [1.29, 1.82) is 0 Å². The molecule has 0 amide bonds. The molecule has 1 N–H and O–H groups in total. The van der Waals surface area contributed by atoms with Crippen LogP contribution >= 0.6 is 0 Å². The number of hydrogen-bond acceptors (Lipinski definition) is 6. The van der Waals surface area contributed by atoms with E-state index in [2.05, 4.69) is 56.1 Å². The molecule has 0 saturated heterocycles. The van der Waals surface area contributed by atoms with Gasteiger partial charge in [0.2, 0.25) is 12.5 Å². The number of ether oxygens (including phenoxy) is 3. The Bertz CT molecular complexity index is 932.